The Kier molecular flexibility index (Phi) is 3.83. The van der Waals surface area contributed by atoms with Crippen LogP contribution in [0.1, 0.15) is 10.4 Å². The highest BCUT2D eigenvalue weighted by molar-refractivity contribution is 6.35. The van der Waals surface area contributed by atoms with E-state index in [9.17, 15) is 4.79 Å². The Morgan fingerprint density at radius 1 is 1.11 bits per heavy atom. The van der Waals surface area contributed by atoms with Gasteiger partial charge < -0.3 is 16.2 Å². The molecule has 6 heteroatoms. The number of halogens is 2. The van der Waals surface area contributed by atoms with Gasteiger partial charge in [-0.05, 0) is 36.4 Å². The van der Waals surface area contributed by atoms with Gasteiger partial charge >= 0.3 is 5.97 Å². The second-order valence-corrected chi connectivity index (χ2v) is 4.76. The van der Waals surface area contributed by atoms with Crippen LogP contribution in [0.5, 0.6) is 0 Å². The average molecular weight is 297 g/mol. The summed E-state index contributed by atoms with van der Waals surface area (Å²) in [5.74, 6) is -1.02. The molecule has 0 aliphatic rings. The molecule has 0 bridgehead atoms. The molecule has 0 heterocycles. The molecule has 0 aliphatic heterocycles. The Hall–Kier alpha value is -1.91. The molecule has 4 nitrogen and oxygen atoms in total. The topological polar surface area (TPSA) is 75.4 Å². The first-order chi connectivity index (χ1) is 8.95. The number of rotatable bonds is 3. The number of carboxylic acids is 1. The van der Waals surface area contributed by atoms with Gasteiger partial charge in [-0.1, -0.05) is 23.2 Å². The summed E-state index contributed by atoms with van der Waals surface area (Å²) < 4.78 is 0. The molecule has 0 fully saturated rings. The highest BCUT2D eigenvalue weighted by Crippen LogP contribution is 2.28. The lowest BCUT2D eigenvalue weighted by atomic mass is 10.1. The predicted molar refractivity (Wildman–Crippen MR) is 77.6 cm³/mol. The molecular weight excluding hydrogens is 287 g/mol. The average Bonchev–Trinajstić information content (AvgIpc) is 2.30. The maximum absolute atomic E-state index is 10.8. The van der Waals surface area contributed by atoms with Gasteiger partial charge in [0.25, 0.3) is 0 Å². The second-order valence-electron chi connectivity index (χ2n) is 3.89. The van der Waals surface area contributed by atoms with E-state index in [2.05, 4.69) is 5.32 Å². The number of aromatic carboxylic acids is 1. The monoisotopic (exact) mass is 296 g/mol. The molecule has 2 aromatic carbocycles. The van der Waals surface area contributed by atoms with Crippen molar-refractivity contribution in [3.8, 4) is 0 Å². The molecule has 4 N–H and O–H groups in total. The summed E-state index contributed by atoms with van der Waals surface area (Å²) in [4.78, 5) is 10.8. The van der Waals surface area contributed by atoms with Crippen molar-refractivity contribution in [2.75, 3.05) is 11.1 Å². The van der Waals surface area contributed by atoms with Crippen LogP contribution in [0.4, 0.5) is 17.1 Å². The predicted octanol–water partition coefficient (Wildman–Crippen LogP) is 4.02. The molecule has 0 saturated heterocycles. The second kappa shape index (κ2) is 5.38. The summed E-state index contributed by atoms with van der Waals surface area (Å²) >= 11 is 11.8. The fourth-order valence-corrected chi connectivity index (χ4v) is 2.12. The molecule has 0 aromatic heterocycles. The summed E-state index contributed by atoms with van der Waals surface area (Å²) in [7, 11) is 0. The van der Waals surface area contributed by atoms with E-state index in [1.165, 1.54) is 12.1 Å². The lowest BCUT2D eigenvalue weighted by Gasteiger charge is -2.10. The van der Waals surface area contributed by atoms with Crippen molar-refractivity contribution in [3.05, 3.63) is 52.0 Å². The van der Waals surface area contributed by atoms with Crippen LogP contribution in [0.3, 0.4) is 0 Å². The highest BCUT2D eigenvalue weighted by atomic mass is 35.5. The van der Waals surface area contributed by atoms with Crippen LogP contribution in [-0.2, 0) is 0 Å². The van der Waals surface area contributed by atoms with Gasteiger partial charge in [0, 0.05) is 15.7 Å². The molecule has 0 spiro atoms. The normalized spacial score (nSPS) is 10.2. The maximum Gasteiger partial charge on any atom is 0.335 e. The van der Waals surface area contributed by atoms with Crippen LogP contribution >= 0.6 is 23.2 Å². The van der Waals surface area contributed by atoms with Gasteiger partial charge in [0.05, 0.1) is 16.9 Å². The zero-order chi connectivity index (χ0) is 14.0. The summed E-state index contributed by atoms with van der Waals surface area (Å²) in [5, 5.41) is 12.9. The third-order valence-corrected chi connectivity index (χ3v) is 2.88. The summed E-state index contributed by atoms with van der Waals surface area (Å²) in [5.41, 5.74) is 7.51. The third kappa shape index (κ3) is 3.30. The van der Waals surface area contributed by atoms with Gasteiger partial charge in [-0.3, -0.25) is 0 Å². The Balaban J connectivity index is 2.30. The number of nitrogens with two attached hydrogens (primary N) is 1. The van der Waals surface area contributed by atoms with Gasteiger partial charge in [0.1, 0.15) is 0 Å². The molecule has 2 rings (SSSR count). The zero-order valence-corrected chi connectivity index (χ0v) is 11.2. The molecule has 0 unspecified atom stereocenters. The van der Waals surface area contributed by atoms with E-state index in [1.54, 1.807) is 24.3 Å². The van der Waals surface area contributed by atoms with Crippen LogP contribution in [0, 0.1) is 0 Å². The van der Waals surface area contributed by atoms with E-state index in [-0.39, 0.29) is 5.56 Å². The number of hydrogen-bond donors (Lipinski definition) is 3. The van der Waals surface area contributed by atoms with Crippen LogP contribution in [0.2, 0.25) is 10.0 Å². The van der Waals surface area contributed by atoms with Crippen molar-refractivity contribution in [1.82, 2.24) is 0 Å². The molecule has 0 amide bonds. The molecular formula is C13H10Cl2N2O2. The summed E-state index contributed by atoms with van der Waals surface area (Å²) in [6.07, 6.45) is 0. The highest BCUT2D eigenvalue weighted by Gasteiger charge is 2.07. The zero-order valence-electron chi connectivity index (χ0n) is 9.65. The third-order valence-electron chi connectivity index (χ3n) is 2.44. The minimum atomic E-state index is -1.02. The minimum absolute atomic E-state index is 0.132. The Labute approximate surface area is 119 Å². The van der Waals surface area contributed by atoms with Crippen LogP contribution in [-0.4, -0.2) is 11.1 Å². The van der Waals surface area contributed by atoms with Crippen molar-refractivity contribution in [2.45, 2.75) is 0 Å². The number of nitrogen functional groups attached to an aromatic ring is 1. The SMILES string of the molecule is Nc1cc(C(=O)O)ccc1Nc1cc(Cl)cc(Cl)c1. The first-order valence-corrected chi connectivity index (χ1v) is 6.07. The number of nitrogens with one attached hydrogen (secondary N) is 1. The van der Waals surface area contributed by atoms with E-state index in [1.807, 2.05) is 0 Å². The maximum atomic E-state index is 10.8. The van der Waals surface area contributed by atoms with E-state index >= 15 is 0 Å². The number of anilines is 3. The van der Waals surface area contributed by atoms with Gasteiger partial charge in [-0.25, -0.2) is 4.79 Å². The summed E-state index contributed by atoms with van der Waals surface area (Å²) in [6, 6.07) is 9.44. The number of benzene rings is 2. The largest absolute Gasteiger partial charge is 0.478 e. The lowest BCUT2D eigenvalue weighted by Crippen LogP contribution is -2.01. The molecule has 98 valence electrons. The van der Waals surface area contributed by atoms with Crippen molar-refractivity contribution in [3.63, 3.8) is 0 Å². The van der Waals surface area contributed by atoms with Gasteiger partial charge in [-0.2, -0.15) is 0 Å². The number of carboxylic acid groups (broad SMARTS) is 1. The van der Waals surface area contributed by atoms with Gasteiger partial charge in [0.2, 0.25) is 0 Å². The Bertz CT molecular complexity index is 624. The molecule has 0 atom stereocenters. The molecule has 0 aliphatic carbocycles. The van der Waals surface area contributed by atoms with Crippen LogP contribution < -0.4 is 11.1 Å². The first-order valence-electron chi connectivity index (χ1n) is 5.31. The molecule has 0 saturated carbocycles. The van der Waals surface area contributed by atoms with E-state index in [0.717, 1.165) is 0 Å². The molecule has 2 aromatic rings. The molecule has 19 heavy (non-hydrogen) atoms. The first kappa shape index (κ1) is 13.5. The number of carbonyl (C=O) groups is 1. The van der Waals surface area contributed by atoms with Crippen LogP contribution in [0.25, 0.3) is 0 Å². The van der Waals surface area contributed by atoms with Crippen LogP contribution in [0.15, 0.2) is 36.4 Å². The number of hydrogen-bond acceptors (Lipinski definition) is 3. The fraction of sp³-hybridized carbons (Fsp3) is 0. The van der Waals surface area contributed by atoms with Gasteiger partial charge in [-0.15, -0.1) is 0 Å². The fourth-order valence-electron chi connectivity index (χ4n) is 1.59. The standard InChI is InChI=1S/C13H10Cl2N2O2/c14-8-4-9(15)6-10(5-8)17-12-2-1-7(13(18)19)3-11(12)16/h1-6,17H,16H2,(H,18,19). The minimum Gasteiger partial charge on any atom is -0.478 e. The van der Waals surface area contributed by atoms with Gasteiger partial charge in [0.15, 0.2) is 0 Å². The van der Waals surface area contributed by atoms with E-state index in [4.69, 9.17) is 34.0 Å². The summed E-state index contributed by atoms with van der Waals surface area (Å²) in [6.45, 7) is 0. The Morgan fingerprint density at radius 2 is 1.74 bits per heavy atom. The Morgan fingerprint density at radius 3 is 2.26 bits per heavy atom. The quantitative estimate of drug-likeness (QED) is 0.748. The van der Waals surface area contributed by atoms with Crippen molar-refractivity contribution < 1.29 is 9.90 Å². The van der Waals surface area contributed by atoms with E-state index < -0.39 is 5.97 Å². The smallest absolute Gasteiger partial charge is 0.335 e. The van der Waals surface area contributed by atoms with Crippen molar-refractivity contribution in [2.24, 2.45) is 0 Å². The lowest BCUT2D eigenvalue weighted by molar-refractivity contribution is 0.0697. The molecule has 0 radical (unpaired) electrons. The van der Waals surface area contributed by atoms with Crippen molar-refractivity contribution in [1.29, 1.82) is 0 Å². The van der Waals surface area contributed by atoms with Crippen molar-refractivity contribution >= 4 is 46.2 Å². The van der Waals surface area contributed by atoms with E-state index in [0.29, 0.717) is 27.1 Å².